The van der Waals surface area contributed by atoms with E-state index in [2.05, 4.69) is 20.7 Å². The molecule has 0 radical (unpaired) electrons. The van der Waals surface area contributed by atoms with Crippen LogP contribution in [0.25, 0.3) is 0 Å². The average molecular weight is 356 g/mol. The number of thioether (sulfide) groups is 1. The SMILES string of the molecule is Cc1nsc(N)c1C(=O)Nc1ccc(SCc2cccnc2)cc1. The van der Waals surface area contributed by atoms with Gasteiger partial charge in [-0.05, 0) is 54.4 Å². The molecule has 0 unspecified atom stereocenters. The summed E-state index contributed by atoms with van der Waals surface area (Å²) in [5.74, 6) is 0.630. The minimum atomic E-state index is -0.227. The van der Waals surface area contributed by atoms with Gasteiger partial charge in [-0.3, -0.25) is 9.78 Å². The summed E-state index contributed by atoms with van der Waals surface area (Å²) in [5.41, 5.74) is 8.82. The lowest BCUT2D eigenvalue weighted by Crippen LogP contribution is -2.13. The summed E-state index contributed by atoms with van der Waals surface area (Å²) in [6, 6.07) is 11.7. The van der Waals surface area contributed by atoms with E-state index in [1.807, 2.05) is 36.5 Å². The molecular formula is C17H16N4OS2. The normalized spacial score (nSPS) is 10.5. The zero-order valence-electron chi connectivity index (χ0n) is 13.0. The molecule has 24 heavy (non-hydrogen) atoms. The number of nitrogens with zero attached hydrogens (tertiary/aromatic N) is 2. The molecule has 1 aromatic carbocycles. The number of nitrogens with one attached hydrogen (secondary N) is 1. The fourth-order valence-corrected chi connectivity index (χ4v) is 3.63. The third kappa shape index (κ3) is 3.93. The van der Waals surface area contributed by atoms with Crippen molar-refractivity contribution in [1.82, 2.24) is 9.36 Å². The average Bonchev–Trinajstić information content (AvgIpc) is 2.94. The first-order valence-corrected chi connectivity index (χ1v) is 9.04. The molecule has 0 aliphatic rings. The van der Waals surface area contributed by atoms with E-state index in [1.54, 1.807) is 24.9 Å². The Bertz CT molecular complexity index is 812. The summed E-state index contributed by atoms with van der Waals surface area (Å²) < 4.78 is 4.09. The quantitative estimate of drug-likeness (QED) is 0.676. The Morgan fingerprint density at radius 3 is 2.71 bits per heavy atom. The molecule has 3 aromatic rings. The van der Waals surface area contributed by atoms with Crippen LogP contribution in [0.5, 0.6) is 0 Å². The number of rotatable bonds is 5. The number of anilines is 2. The molecule has 0 aliphatic heterocycles. The molecule has 7 heteroatoms. The molecule has 5 nitrogen and oxygen atoms in total. The first-order chi connectivity index (χ1) is 11.6. The first-order valence-electron chi connectivity index (χ1n) is 7.28. The van der Waals surface area contributed by atoms with Crippen LogP contribution in [0.1, 0.15) is 21.6 Å². The maximum absolute atomic E-state index is 12.3. The number of hydrogen-bond acceptors (Lipinski definition) is 6. The topological polar surface area (TPSA) is 80.9 Å². The van der Waals surface area contributed by atoms with Crippen LogP contribution in [0.4, 0.5) is 10.7 Å². The van der Waals surface area contributed by atoms with Crippen LogP contribution in [-0.2, 0) is 5.75 Å². The van der Waals surface area contributed by atoms with Crippen LogP contribution in [0.2, 0.25) is 0 Å². The van der Waals surface area contributed by atoms with Gasteiger partial charge in [0, 0.05) is 28.7 Å². The second-order valence-electron chi connectivity index (χ2n) is 5.14. The van der Waals surface area contributed by atoms with Crippen LogP contribution in [0, 0.1) is 6.92 Å². The Hall–Kier alpha value is -2.38. The Kier molecular flexibility index (Phi) is 5.12. The summed E-state index contributed by atoms with van der Waals surface area (Å²) in [5, 5.41) is 3.29. The summed E-state index contributed by atoms with van der Waals surface area (Å²) in [6.45, 7) is 1.78. The van der Waals surface area contributed by atoms with Gasteiger partial charge < -0.3 is 11.1 Å². The van der Waals surface area contributed by atoms with Crippen LogP contribution >= 0.6 is 23.3 Å². The Morgan fingerprint density at radius 2 is 2.08 bits per heavy atom. The van der Waals surface area contributed by atoms with Crippen molar-refractivity contribution in [2.45, 2.75) is 17.6 Å². The predicted molar refractivity (Wildman–Crippen MR) is 99.5 cm³/mol. The number of amides is 1. The van der Waals surface area contributed by atoms with Gasteiger partial charge in [-0.15, -0.1) is 11.8 Å². The largest absolute Gasteiger partial charge is 0.389 e. The third-order valence-electron chi connectivity index (χ3n) is 3.36. The van der Waals surface area contributed by atoms with Crippen molar-refractivity contribution in [2.24, 2.45) is 0 Å². The van der Waals surface area contributed by atoms with E-state index in [4.69, 9.17) is 5.73 Å². The van der Waals surface area contributed by atoms with Gasteiger partial charge in [-0.1, -0.05) is 6.07 Å². The highest BCUT2D eigenvalue weighted by molar-refractivity contribution is 7.98. The van der Waals surface area contributed by atoms with Crippen LogP contribution < -0.4 is 11.1 Å². The van der Waals surface area contributed by atoms with Gasteiger partial charge >= 0.3 is 0 Å². The van der Waals surface area contributed by atoms with Gasteiger partial charge in [-0.25, -0.2) is 0 Å². The molecule has 0 bridgehead atoms. The van der Waals surface area contributed by atoms with E-state index in [0.717, 1.165) is 27.9 Å². The lowest BCUT2D eigenvalue weighted by molar-refractivity contribution is 0.102. The van der Waals surface area contributed by atoms with Gasteiger partial charge in [0.15, 0.2) is 0 Å². The molecule has 3 rings (SSSR count). The maximum Gasteiger partial charge on any atom is 0.260 e. The fourth-order valence-electron chi connectivity index (χ4n) is 2.14. The van der Waals surface area contributed by atoms with Crippen molar-refractivity contribution in [2.75, 3.05) is 11.1 Å². The smallest absolute Gasteiger partial charge is 0.260 e. The summed E-state index contributed by atoms with van der Waals surface area (Å²) in [6.07, 6.45) is 3.63. The molecule has 0 aliphatic carbocycles. The summed E-state index contributed by atoms with van der Waals surface area (Å²) in [7, 11) is 0. The molecule has 2 heterocycles. The third-order valence-corrected chi connectivity index (χ3v) is 5.21. The van der Waals surface area contributed by atoms with E-state index in [9.17, 15) is 4.79 Å². The number of aryl methyl sites for hydroxylation is 1. The van der Waals surface area contributed by atoms with Crippen molar-refractivity contribution < 1.29 is 4.79 Å². The van der Waals surface area contributed by atoms with Crippen molar-refractivity contribution in [3.8, 4) is 0 Å². The number of nitrogens with two attached hydrogens (primary N) is 1. The standard InChI is InChI=1S/C17H16N4OS2/c1-11-15(16(18)24-21-11)17(22)20-13-4-6-14(7-5-13)23-10-12-3-2-8-19-9-12/h2-9H,10,18H2,1H3,(H,20,22). The zero-order valence-corrected chi connectivity index (χ0v) is 14.7. The maximum atomic E-state index is 12.3. The highest BCUT2D eigenvalue weighted by atomic mass is 32.2. The van der Waals surface area contributed by atoms with Crippen molar-refractivity contribution >= 4 is 39.9 Å². The van der Waals surface area contributed by atoms with E-state index in [1.165, 1.54) is 5.56 Å². The van der Waals surface area contributed by atoms with E-state index in [-0.39, 0.29) is 5.91 Å². The van der Waals surface area contributed by atoms with Crippen molar-refractivity contribution in [1.29, 1.82) is 0 Å². The van der Waals surface area contributed by atoms with Gasteiger partial charge in [0.1, 0.15) is 5.00 Å². The molecule has 122 valence electrons. The minimum absolute atomic E-state index is 0.227. The Balaban J connectivity index is 1.61. The van der Waals surface area contributed by atoms with E-state index >= 15 is 0 Å². The highest BCUT2D eigenvalue weighted by Gasteiger charge is 2.16. The van der Waals surface area contributed by atoms with Crippen molar-refractivity contribution in [3.63, 3.8) is 0 Å². The minimum Gasteiger partial charge on any atom is -0.389 e. The molecule has 0 saturated carbocycles. The Labute approximate surface area is 148 Å². The van der Waals surface area contributed by atoms with Gasteiger partial charge in [0.2, 0.25) is 0 Å². The highest BCUT2D eigenvalue weighted by Crippen LogP contribution is 2.25. The lowest BCUT2D eigenvalue weighted by atomic mass is 10.2. The monoisotopic (exact) mass is 356 g/mol. The Morgan fingerprint density at radius 1 is 1.29 bits per heavy atom. The number of carbonyl (C=O) groups is 1. The second kappa shape index (κ2) is 7.46. The molecule has 0 spiro atoms. The van der Waals surface area contributed by atoms with Gasteiger partial charge in [-0.2, -0.15) is 4.37 Å². The van der Waals surface area contributed by atoms with Crippen LogP contribution in [0.3, 0.4) is 0 Å². The van der Waals surface area contributed by atoms with E-state index < -0.39 is 0 Å². The fraction of sp³-hybridized carbons (Fsp3) is 0.118. The van der Waals surface area contributed by atoms with Gasteiger partial charge in [0.05, 0.1) is 11.3 Å². The molecule has 0 fully saturated rings. The van der Waals surface area contributed by atoms with E-state index in [0.29, 0.717) is 16.3 Å². The summed E-state index contributed by atoms with van der Waals surface area (Å²) in [4.78, 5) is 17.5. The number of benzene rings is 1. The van der Waals surface area contributed by atoms with Crippen LogP contribution in [0.15, 0.2) is 53.7 Å². The van der Waals surface area contributed by atoms with Gasteiger partial charge in [0.25, 0.3) is 5.91 Å². The summed E-state index contributed by atoms with van der Waals surface area (Å²) >= 11 is 2.86. The molecule has 2 aromatic heterocycles. The number of nitrogen functional groups attached to an aromatic ring is 1. The number of pyridine rings is 1. The predicted octanol–water partition coefficient (Wildman–Crippen LogP) is 3.97. The first kappa shape index (κ1) is 16.5. The molecule has 0 saturated heterocycles. The molecule has 3 N–H and O–H groups in total. The lowest BCUT2D eigenvalue weighted by Gasteiger charge is -2.07. The number of hydrogen-bond donors (Lipinski definition) is 2. The number of aromatic nitrogens is 2. The van der Waals surface area contributed by atoms with Crippen LogP contribution in [-0.4, -0.2) is 15.3 Å². The van der Waals surface area contributed by atoms with Crippen molar-refractivity contribution in [3.05, 3.63) is 65.6 Å². The molecule has 1 amide bonds. The molecule has 0 atom stereocenters. The molecular weight excluding hydrogens is 340 g/mol. The number of carbonyl (C=O) groups excluding carboxylic acids is 1. The second-order valence-corrected chi connectivity index (χ2v) is 6.99. The zero-order chi connectivity index (χ0) is 16.9.